The molecule has 0 aliphatic carbocycles. The minimum absolute atomic E-state index is 0.0180. The van der Waals surface area contributed by atoms with Gasteiger partial charge in [-0.15, -0.1) is 5.10 Å². The highest BCUT2D eigenvalue weighted by Gasteiger charge is 2.34. The molecule has 1 aromatic heterocycles. The van der Waals surface area contributed by atoms with Gasteiger partial charge in [-0.3, -0.25) is 0 Å². The molecule has 2 atom stereocenters. The fourth-order valence-corrected chi connectivity index (χ4v) is 4.47. The number of aromatic nitrogens is 4. The summed E-state index contributed by atoms with van der Waals surface area (Å²) in [5.74, 6) is 0.595. The number of fused-ring (bicyclic) bond motifs is 1. The van der Waals surface area contributed by atoms with Crippen molar-refractivity contribution in [1.29, 1.82) is 0 Å². The number of aryl methyl sites for hydroxylation is 1. The first-order valence-corrected chi connectivity index (χ1v) is 10.7. The molecule has 5 rings (SSSR count). The number of benzene rings is 3. The number of tetrazole rings is 1. The lowest BCUT2D eigenvalue weighted by molar-refractivity contribution is -0.941. The molecule has 4 aromatic rings. The largest absolute Gasteiger partial charge is 0.318 e. The van der Waals surface area contributed by atoms with Crippen molar-refractivity contribution in [3.63, 3.8) is 0 Å². The molecule has 1 N–H and O–H groups in total. The predicted molar refractivity (Wildman–Crippen MR) is 116 cm³/mol. The first kappa shape index (κ1) is 19.6. The molecular weight excluding hydrogens is 389 g/mol. The third-order valence-electron chi connectivity index (χ3n) is 6.13. The molecule has 0 amide bonds. The molecule has 6 heteroatoms. The molecule has 3 aromatic carbocycles. The average Bonchev–Trinajstić information content (AvgIpc) is 3.24. The standard InChI is InChI=1S/C25H24FN5/c1-18-6-10-21(11-7-18)24(30-15-14-20-4-2-3-5-22(20)17-30)25-27-28-29-31(25)16-19-8-12-23(26)13-9-19/h2-13,24H,14-17H2,1H3/p+1/t24-/m1/s1. The number of nitrogens with one attached hydrogen (secondary N) is 1. The Balaban J connectivity index is 1.52. The van der Waals surface area contributed by atoms with Gasteiger partial charge in [-0.05, 0) is 40.6 Å². The summed E-state index contributed by atoms with van der Waals surface area (Å²) < 4.78 is 15.2. The Morgan fingerprint density at radius 1 is 0.968 bits per heavy atom. The van der Waals surface area contributed by atoms with Gasteiger partial charge in [0.1, 0.15) is 12.4 Å². The lowest BCUT2D eigenvalue weighted by atomic mass is 9.95. The zero-order valence-electron chi connectivity index (χ0n) is 17.5. The van der Waals surface area contributed by atoms with Crippen LogP contribution in [0.5, 0.6) is 0 Å². The fourth-order valence-electron chi connectivity index (χ4n) is 4.47. The summed E-state index contributed by atoms with van der Waals surface area (Å²) in [6.45, 7) is 4.55. The third kappa shape index (κ3) is 4.11. The van der Waals surface area contributed by atoms with E-state index in [4.69, 9.17) is 0 Å². The smallest absolute Gasteiger partial charge is 0.214 e. The lowest BCUT2D eigenvalue weighted by Gasteiger charge is -2.32. The van der Waals surface area contributed by atoms with E-state index in [2.05, 4.69) is 71.0 Å². The monoisotopic (exact) mass is 414 g/mol. The van der Waals surface area contributed by atoms with Crippen molar-refractivity contribution in [3.05, 3.63) is 112 Å². The second-order valence-electron chi connectivity index (χ2n) is 8.27. The predicted octanol–water partition coefficient (Wildman–Crippen LogP) is 2.90. The molecule has 0 radical (unpaired) electrons. The number of rotatable bonds is 5. The van der Waals surface area contributed by atoms with Crippen LogP contribution in [-0.2, 0) is 19.5 Å². The quantitative estimate of drug-likeness (QED) is 0.546. The van der Waals surface area contributed by atoms with Gasteiger partial charge in [0.05, 0.1) is 13.1 Å². The summed E-state index contributed by atoms with van der Waals surface area (Å²) in [5, 5.41) is 12.8. The van der Waals surface area contributed by atoms with E-state index < -0.39 is 0 Å². The van der Waals surface area contributed by atoms with Crippen LogP contribution in [0.25, 0.3) is 0 Å². The van der Waals surface area contributed by atoms with Crippen molar-refractivity contribution >= 4 is 0 Å². The van der Waals surface area contributed by atoms with Crippen LogP contribution in [0.3, 0.4) is 0 Å². The van der Waals surface area contributed by atoms with Crippen LogP contribution in [0, 0.1) is 12.7 Å². The summed E-state index contributed by atoms with van der Waals surface area (Å²) in [7, 11) is 0. The van der Waals surface area contributed by atoms with Gasteiger partial charge in [0.25, 0.3) is 0 Å². The van der Waals surface area contributed by atoms with Crippen molar-refractivity contribution in [1.82, 2.24) is 20.2 Å². The zero-order chi connectivity index (χ0) is 21.2. The van der Waals surface area contributed by atoms with Crippen molar-refractivity contribution < 1.29 is 9.29 Å². The van der Waals surface area contributed by atoms with Gasteiger partial charge in [-0.1, -0.05) is 66.2 Å². The number of quaternary nitrogens is 1. The molecule has 2 heterocycles. The normalized spacial score (nSPS) is 16.6. The minimum atomic E-state index is -0.241. The van der Waals surface area contributed by atoms with E-state index in [0.717, 1.165) is 30.9 Å². The molecular formula is C25H25FN5+. The first-order valence-electron chi connectivity index (χ1n) is 10.7. The van der Waals surface area contributed by atoms with E-state index in [1.807, 2.05) is 4.68 Å². The van der Waals surface area contributed by atoms with Gasteiger partial charge in [-0.2, -0.15) is 0 Å². The number of hydrogen-bond acceptors (Lipinski definition) is 3. The van der Waals surface area contributed by atoms with E-state index in [1.165, 1.54) is 39.3 Å². The number of hydrogen-bond donors (Lipinski definition) is 1. The Labute approximate surface area is 181 Å². The molecule has 156 valence electrons. The van der Waals surface area contributed by atoms with Gasteiger partial charge in [0, 0.05) is 17.5 Å². The van der Waals surface area contributed by atoms with Crippen LogP contribution in [0.2, 0.25) is 0 Å². The van der Waals surface area contributed by atoms with E-state index in [0.29, 0.717) is 6.54 Å². The van der Waals surface area contributed by atoms with Crippen molar-refractivity contribution in [2.45, 2.75) is 32.5 Å². The summed E-state index contributed by atoms with van der Waals surface area (Å²) >= 11 is 0. The maximum absolute atomic E-state index is 13.3. The van der Waals surface area contributed by atoms with Gasteiger partial charge in [-0.25, -0.2) is 9.07 Å². The summed E-state index contributed by atoms with van der Waals surface area (Å²) in [6.07, 6.45) is 1.04. The molecule has 1 aliphatic rings. The Morgan fingerprint density at radius 3 is 2.48 bits per heavy atom. The van der Waals surface area contributed by atoms with Gasteiger partial charge in [0.2, 0.25) is 5.82 Å². The van der Waals surface area contributed by atoms with Crippen molar-refractivity contribution in [2.24, 2.45) is 0 Å². The van der Waals surface area contributed by atoms with Crippen LogP contribution >= 0.6 is 0 Å². The van der Waals surface area contributed by atoms with Gasteiger partial charge < -0.3 is 4.90 Å². The van der Waals surface area contributed by atoms with Crippen LogP contribution in [0.15, 0.2) is 72.8 Å². The number of halogens is 1. The fraction of sp³-hybridized carbons (Fsp3) is 0.240. The van der Waals surface area contributed by atoms with Crippen molar-refractivity contribution in [3.8, 4) is 0 Å². The Kier molecular flexibility index (Phi) is 5.30. The maximum atomic E-state index is 13.3. The molecule has 0 bridgehead atoms. The Morgan fingerprint density at radius 2 is 1.71 bits per heavy atom. The zero-order valence-corrected chi connectivity index (χ0v) is 17.5. The van der Waals surface area contributed by atoms with Gasteiger partial charge in [0.15, 0.2) is 6.04 Å². The maximum Gasteiger partial charge on any atom is 0.214 e. The molecule has 5 nitrogen and oxygen atoms in total. The molecule has 0 spiro atoms. The summed E-state index contributed by atoms with van der Waals surface area (Å²) in [6, 6.07) is 23.9. The molecule has 1 unspecified atom stereocenters. The summed E-state index contributed by atoms with van der Waals surface area (Å²) in [4.78, 5) is 1.43. The molecule has 31 heavy (non-hydrogen) atoms. The van der Waals surface area contributed by atoms with E-state index in [1.54, 1.807) is 12.1 Å². The second-order valence-corrected chi connectivity index (χ2v) is 8.27. The first-order chi connectivity index (χ1) is 15.2. The van der Waals surface area contributed by atoms with E-state index >= 15 is 0 Å². The van der Waals surface area contributed by atoms with Crippen LogP contribution in [0.1, 0.15) is 39.7 Å². The topological polar surface area (TPSA) is 48.0 Å². The highest BCUT2D eigenvalue weighted by molar-refractivity contribution is 5.29. The van der Waals surface area contributed by atoms with Crippen molar-refractivity contribution in [2.75, 3.05) is 6.54 Å². The van der Waals surface area contributed by atoms with E-state index in [-0.39, 0.29) is 11.9 Å². The Bertz CT molecular complexity index is 1170. The highest BCUT2D eigenvalue weighted by Crippen LogP contribution is 2.21. The SMILES string of the molecule is Cc1ccc([C@H](c2nnnn2Cc2ccc(F)cc2)[NH+]2CCc3ccccc3C2)cc1. The van der Waals surface area contributed by atoms with Crippen LogP contribution < -0.4 is 4.90 Å². The summed E-state index contributed by atoms with van der Waals surface area (Å²) in [5.41, 5.74) is 6.22. The van der Waals surface area contributed by atoms with E-state index in [9.17, 15) is 4.39 Å². The third-order valence-corrected chi connectivity index (χ3v) is 6.13. The number of nitrogens with zero attached hydrogens (tertiary/aromatic N) is 4. The molecule has 0 saturated heterocycles. The van der Waals surface area contributed by atoms with Crippen LogP contribution in [-0.4, -0.2) is 26.8 Å². The second kappa shape index (κ2) is 8.40. The lowest BCUT2D eigenvalue weighted by Crippen LogP contribution is -3.12. The molecule has 0 fully saturated rings. The molecule has 0 saturated carbocycles. The molecule has 1 aliphatic heterocycles. The Hall–Kier alpha value is -3.38. The highest BCUT2D eigenvalue weighted by atomic mass is 19.1. The average molecular weight is 415 g/mol. The van der Waals surface area contributed by atoms with Gasteiger partial charge >= 0.3 is 0 Å². The minimum Gasteiger partial charge on any atom is -0.318 e. The van der Waals surface area contributed by atoms with Crippen LogP contribution in [0.4, 0.5) is 4.39 Å².